The van der Waals surface area contributed by atoms with E-state index in [-0.39, 0.29) is 5.78 Å². The van der Waals surface area contributed by atoms with Crippen LogP contribution in [-0.4, -0.2) is 22.9 Å². The van der Waals surface area contributed by atoms with E-state index in [1.165, 1.54) is 6.33 Å². The molecule has 1 aromatic heterocycles. The third-order valence-electron chi connectivity index (χ3n) is 1.96. The van der Waals surface area contributed by atoms with Crippen LogP contribution in [0, 0.1) is 5.92 Å². The quantitative estimate of drug-likeness (QED) is 0.738. The lowest BCUT2D eigenvalue weighted by Gasteiger charge is -2.06. The maximum atomic E-state index is 11.6. The minimum atomic E-state index is 0.193. The molecule has 1 rings (SSSR count). The van der Waals surface area contributed by atoms with Crippen molar-refractivity contribution in [3.8, 4) is 5.88 Å². The fraction of sp³-hybridized carbons (Fsp3) is 0.545. The van der Waals surface area contributed by atoms with Crippen molar-refractivity contribution in [2.24, 2.45) is 5.92 Å². The molecule has 0 saturated heterocycles. The number of hydrogen-bond donors (Lipinski definition) is 0. The van der Waals surface area contributed by atoms with Gasteiger partial charge in [0.25, 0.3) is 0 Å². The average Bonchev–Trinajstić information content (AvgIpc) is 2.17. The number of carbonyl (C=O) groups is 1. The number of hydrogen-bond acceptors (Lipinski definition) is 4. The summed E-state index contributed by atoms with van der Waals surface area (Å²) in [5.41, 5.74) is 0.755. The van der Waals surface area contributed by atoms with E-state index in [0.717, 1.165) is 5.56 Å². The number of carbonyl (C=O) groups excluding carboxylic acids is 1. The summed E-state index contributed by atoms with van der Waals surface area (Å²) in [5.74, 6) is 1.06. The summed E-state index contributed by atoms with van der Waals surface area (Å²) < 4.78 is 5.05. The van der Waals surface area contributed by atoms with Crippen LogP contribution in [0.4, 0.5) is 0 Å². The van der Waals surface area contributed by atoms with Crippen molar-refractivity contribution in [3.05, 3.63) is 18.1 Å². The van der Waals surface area contributed by atoms with Crippen molar-refractivity contribution in [1.82, 2.24) is 9.97 Å². The van der Waals surface area contributed by atoms with Gasteiger partial charge in [0, 0.05) is 24.6 Å². The number of methoxy groups -OCH3 is 1. The Hall–Kier alpha value is -1.45. The van der Waals surface area contributed by atoms with E-state index in [0.29, 0.717) is 24.6 Å². The lowest BCUT2D eigenvalue weighted by atomic mass is 10.0. The van der Waals surface area contributed by atoms with Crippen LogP contribution in [0.3, 0.4) is 0 Å². The molecule has 15 heavy (non-hydrogen) atoms. The zero-order valence-corrected chi connectivity index (χ0v) is 9.36. The molecule has 1 aromatic rings. The van der Waals surface area contributed by atoms with Gasteiger partial charge in [-0.2, -0.15) is 0 Å². The molecular weight excluding hydrogens is 192 g/mol. The van der Waals surface area contributed by atoms with Crippen LogP contribution < -0.4 is 4.74 Å². The predicted molar refractivity (Wildman–Crippen MR) is 56.8 cm³/mol. The molecule has 0 saturated carbocycles. The zero-order valence-electron chi connectivity index (χ0n) is 9.36. The molecule has 0 fully saturated rings. The Morgan fingerprint density at radius 2 is 2.27 bits per heavy atom. The highest BCUT2D eigenvalue weighted by molar-refractivity contribution is 5.81. The third kappa shape index (κ3) is 3.65. The van der Waals surface area contributed by atoms with Gasteiger partial charge in [0.2, 0.25) is 5.88 Å². The molecule has 0 bridgehead atoms. The SMILES string of the molecule is COc1ncncc1CC(=O)CC(C)C. The number of ether oxygens (including phenoxy) is 1. The van der Waals surface area contributed by atoms with Gasteiger partial charge in [-0.15, -0.1) is 0 Å². The summed E-state index contributed by atoms with van der Waals surface area (Å²) in [4.78, 5) is 19.4. The van der Waals surface area contributed by atoms with E-state index in [9.17, 15) is 4.79 Å². The molecule has 1 heterocycles. The highest BCUT2D eigenvalue weighted by Crippen LogP contribution is 2.14. The van der Waals surface area contributed by atoms with E-state index in [2.05, 4.69) is 9.97 Å². The average molecular weight is 208 g/mol. The number of Topliss-reactive ketones (excluding diaryl/α,β-unsaturated/α-hetero) is 1. The Bertz CT molecular complexity index is 337. The minimum absolute atomic E-state index is 0.193. The van der Waals surface area contributed by atoms with Crippen LogP contribution in [0.2, 0.25) is 0 Å². The molecule has 0 N–H and O–H groups in total. The highest BCUT2D eigenvalue weighted by Gasteiger charge is 2.11. The van der Waals surface area contributed by atoms with Gasteiger partial charge in [-0.05, 0) is 5.92 Å². The second-order valence-electron chi connectivity index (χ2n) is 3.87. The fourth-order valence-electron chi connectivity index (χ4n) is 1.39. The molecule has 4 nitrogen and oxygen atoms in total. The standard InChI is InChI=1S/C11H16N2O2/c1-8(2)4-10(14)5-9-6-12-7-13-11(9)15-3/h6-8H,4-5H2,1-3H3. The van der Waals surface area contributed by atoms with Crippen molar-refractivity contribution >= 4 is 5.78 Å². The maximum absolute atomic E-state index is 11.6. The third-order valence-corrected chi connectivity index (χ3v) is 1.96. The molecule has 0 aromatic carbocycles. The summed E-state index contributed by atoms with van der Waals surface area (Å²) in [7, 11) is 1.54. The number of nitrogens with zero attached hydrogens (tertiary/aromatic N) is 2. The van der Waals surface area contributed by atoms with E-state index < -0.39 is 0 Å². The van der Waals surface area contributed by atoms with Gasteiger partial charge in [0.1, 0.15) is 12.1 Å². The summed E-state index contributed by atoms with van der Waals surface area (Å²) in [5, 5.41) is 0. The Balaban J connectivity index is 2.67. The largest absolute Gasteiger partial charge is 0.481 e. The van der Waals surface area contributed by atoms with Gasteiger partial charge in [-0.3, -0.25) is 4.79 Å². The normalized spacial score (nSPS) is 10.4. The fourth-order valence-corrected chi connectivity index (χ4v) is 1.39. The first-order chi connectivity index (χ1) is 7.13. The van der Waals surface area contributed by atoms with Gasteiger partial charge in [-0.25, -0.2) is 9.97 Å². The molecule has 0 radical (unpaired) electrons. The molecule has 0 aliphatic rings. The van der Waals surface area contributed by atoms with Crippen LogP contribution >= 0.6 is 0 Å². The summed E-state index contributed by atoms with van der Waals surface area (Å²) >= 11 is 0. The van der Waals surface area contributed by atoms with Gasteiger partial charge >= 0.3 is 0 Å². The van der Waals surface area contributed by atoms with E-state index in [4.69, 9.17) is 4.74 Å². The van der Waals surface area contributed by atoms with Crippen molar-refractivity contribution in [1.29, 1.82) is 0 Å². The van der Waals surface area contributed by atoms with Crippen molar-refractivity contribution in [2.45, 2.75) is 26.7 Å². The lowest BCUT2D eigenvalue weighted by molar-refractivity contribution is -0.119. The molecule has 0 aliphatic heterocycles. The molecule has 4 heteroatoms. The van der Waals surface area contributed by atoms with Crippen LogP contribution in [-0.2, 0) is 11.2 Å². The first kappa shape index (κ1) is 11.6. The minimum Gasteiger partial charge on any atom is -0.481 e. The first-order valence-corrected chi connectivity index (χ1v) is 4.98. The van der Waals surface area contributed by atoms with Gasteiger partial charge < -0.3 is 4.74 Å². The Labute approximate surface area is 89.7 Å². The summed E-state index contributed by atoms with van der Waals surface area (Å²) in [6.07, 6.45) is 3.97. The van der Waals surface area contributed by atoms with Crippen molar-refractivity contribution in [2.75, 3.05) is 7.11 Å². The molecule has 0 amide bonds. The lowest BCUT2D eigenvalue weighted by Crippen LogP contribution is -2.08. The van der Waals surface area contributed by atoms with Crippen LogP contribution in [0.25, 0.3) is 0 Å². The van der Waals surface area contributed by atoms with Gasteiger partial charge in [0.05, 0.1) is 7.11 Å². The maximum Gasteiger partial charge on any atom is 0.219 e. The number of ketones is 1. The smallest absolute Gasteiger partial charge is 0.219 e. The number of aromatic nitrogens is 2. The molecule has 0 unspecified atom stereocenters. The molecular formula is C11H16N2O2. The second-order valence-corrected chi connectivity index (χ2v) is 3.87. The molecule has 0 spiro atoms. The van der Waals surface area contributed by atoms with Crippen LogP contribution in [0.5, 0.6) is 5.88 Å². The number of rotatable bonds is 5. The Morgan fingerprint density at radius 1 is 1.53 bits per heavy atom. The van der Waals surface area contributed by atoms with Crippen molar-refractivity contribution < 1.29 is 9.53 Å². The van der Waals surface area contributed by atoms with Crippen LogP contribution in [0.1, 0.15) is 25.8 Å². The van der Waals surface area contributed by atoms with Crippen molar-refractivity contribution in [3.63, 3.8) is 0 Å². The summed E-state index contributed by atoms with van der Waals surface area (Å²) in [6, 6.07) is 0. The van der Waals surface area contributed by atoms with Gasteiger partial charge in [0.15, 0.2) is 0 Å². The Morgan fingerprint density at radius 3 is 2.87 bits per heavy atom. The zero-order chi connectivity index (χ0) is 11.3. The van der Waals surface area contributed by atoms with Gasteiger partial charge in [-0.1, -0.05) is 13.8 Å². The molecule has 0 aliphatic carbocycles. The van der Waals surface area contributed by atoms with Crippen LogP contribution in [0.15, 0.2) is 12.5 Å². The van der Waals surface area contributed by atoms with E-state index in [1.54, 1.807) is 13.3 Å². The first-order valence-electron chi connectivity index (χ1n) is 4.98. The summed E-state index contributed by atoms with van der Waals surface area (Å²) in [6.45, 7) is 4.05. The Kier molecular flexibility index (Phi) is 4.21. The topological polar surface area (TPSA) is 52.1 Å². The monoisotopic (exact) mass is 208 g/mol. The van der Waals surface area contributed by atoms with E-state index in [1.807, 2.05) is 13.8 Å². The predicted octanol–water partition coefficient (Wildman–Crippen LogP) is 1.64. The highest BCUT2D eigenvalue weighted by atomic mass is 16.5. The molecule has 0 atom stereocenters. The second kappa shape index (κ2) is 5.44. The van der Waals surface area contributed by atoms with E-state index >= 15 is 0 Å². The molecule has 82 valence electrons.